The summed E-state index contributed by atoms with van der Waals surface area (Å²) in [4.78, 5) is 0. The lowest BCUT2D eigenvalue weighted by atomic mass is 10.3. The van der Waals surface area contributed by atoms with Gasteiger partial charge >= 0.3 is 0 Å². The molecule has 1 atom stereocenters. The Kier molecular flexibility index (Phi) is 13.0. The van der Waals surface area contributed by atoms with Crippen LogP contribution in [0.15, 0.2) is 0 Å². The van der Waals surface area contributed by atoms with Crippen LogP contribution in [0, 0.1) is 11.3 Å². The molecule has 0 amide bonds. The molecule has 0 fully saturated rings. The van der Waals surface area contributed by atoms with Crippen LogP contribution in [-0.2, 0) is 0 Å². The topological polar surface area (TPSA) is 23.8 Å². The molecule has 102 valence electrons. The van der Waals surface area contributed by atoms with E-state index in [9.17, 15) is 5.26 Å². The fourth-order valence-electron chi connectivity index (χ4n) is 2.25. The second-order valence-electron chi connectivity index (χ2n) is 5.07. The van der Waals surface area contributed by atoms with Crippen molar-refractivity contribution in [3.05, 3.63) is 0 Å². The normalized spacial score (nSPS) is 12.6. The minimum Gasteiger partial charge on any atom is -1.00 e. The predicted molar refractivity (Wildman–Crippen MR) is 76.7 cm³/mol. The molecule has 0 saturated heterocycles. The maximum Gasteiger partial charge on any atom is 0.154 e. The second-order valence-corrected chi connectivity index (χ2v) is 9.54. The Morgan fingerprint density at radius 3 is 1.76 bits per heavy atom. The van der Waals surface area contributed by atoms with Crippen LogP contribution in [0.2, 0.25) is 0 Å². The Hall–Kier alpha value is 0.210. The van der Waals surface area contributed by atoms with E-state index in [1.54, 1.807) is 0 Å². The average molecular weight is 278 g/mol. The SMILES string of the molecule is CCCC[P+](C)(CCCC)C(C#N)CCC.[Cl-]. The van der Waals surface area contributed by atoms with Crippen molar-refractivity contribution in [3.8, 4) is 6.07 Å². The van der Waals surface area contributed by atoms with E-state index in [1.807, 2.05) is 0 Å². The molecule has 0 spiro atoms. The molecule has 0 N–H and O–H groups in total. The zero-order chi connectivity index (χ0) is 12.4. The summed E-state index contributed by atoms with van der Waals surface area (Å²) >= 11 is 0. The molecule has 0 radical (unpaired) electrons. The zero-order valence-electron chi connectivity index (χ0n) is 12.0. The third kappa shape index (κ3) is 7.28. The van der Waals surface area contributed by atoms with Crippen molar-refractivity contribution in [1.82, 2.24) is 0 Å². The monoisotopic (exact) mass is 277 g/mol. The van der Waals surface area contributed by atoms with E-state index >= 15 is 0 Å². The quantitative estimate of drug-likeness (QED) is 0.591. The van der Waals surface area contributed by atoms with Crippen molar-refractivity contribution in [1.29, 1.82) is 5.26 Å². The van der Waals surface area contributed by atoms with Gasteiger partial charge in [-0.15, -0.1) is 0 Å². The molecule has 0 aromatic carbocycles. The molecule has 0 heterocycles. The summed E-state index contributed by atoms with van der Waals surface area (Å²) in [6.45, 7) is 9.16. The third-order valence-electron chi connectivity index (χ3n) is 3.51. The maximum absolute atomic E-state index is 9.37. The van der Waals surface area contributed by atoms with Gasteiger partial charge in [-0.25, -0.2) is 0 Å². The first-order valence-electron chi connectivity index (χ1n) is 6.88. The highest BCUT2D eigenvalue weighted by molar-refractivity contribution is 7.76. The highest BCUT2D eigenvalue weighted by atomic mass is 35.5. The van der Waals surface area contributed by atoms with Gasteiger partial charge in [-0.05, 0) is 19.3 Å². The first-order valence-corrected chi connectivity index (χ1v) is 9.56. The van der Waals surface area contributed by atoms with Crippen LogP contribution >= 0.6 is 7.26 Å². The number of halogens is 1. The highest BCUT2D eigenvalue weighted by Gasteiger charge is 2.39. The van der Waals surface area contributed by atoms with Crippen LogP contribution in [0.1, 0.15) is 59.3 Å². The summed E-state index contributed by atoms with van der Waals surface area (Å²) in [7, 11) is -0.990. The van der Waals surface area contributed by atoms with Crippen molar-refractivity contribution in [2.75, 3.05) is 19.0 Å². The fraction of sp³-hybridized carbons (Fsp3) is 0.929. The Morgan fingerprint density at radius 2 is 1.47 bits per heavy atom. The van der Waals surface area contributed by atoms with Gasteiger partial charge in [0.2, 0.25) is 0 Å². The first kappa shape index (κ1) is 19.5. The van der Waals surface area contributed by atoms with Crippen molar-refractivity contribution >= 4 is 7.26 Å². The van der Waals surface area contributed by atoms with E-state index in [0.29, 0.717) is 5.66 Å². The summed E-state index contributed by atoms with van der Waals surface area (Å²) in [5.41, 5.74) is 0.371. The van der Waals surface area contributed by atoms with E-state index in [0.717, 1.165) is 12.8 Å². The highest BCUT2D eigenvalue weighted by Crippen LogP contribution is 2.61. The van der Waals surface area contributed by atoms with E-state index in [1.165, 1.54) is 38.0 Å². The molecule has 0 aliphatic heterocycles. The van der Waals surface area contributed by atoms with E-state index in [4.69, 9.17) is 0 Å². The van der Waals surface area contributed by atoms with Gasteiger partial charge in [0.15, 0.2) is 5.66 Å². The Balaban J connectivity index is 0. The second kappa shape index (κ2) is 11.3. The molecule has 0 aliphatic carbocycles. The molecule has 0 aromatic rings. The van der Waals surface area contributed by atoms with Crippen LogP contribution in [0.25, 0.3) is 0 Å². The molecule has 0 saturated carbocycles. The lowest BCUT2D eigenvalue weighted by molar-refractivity contribution is -0.00000401. The number of rotatable bonds is 9. The fourth-order valence-corrected chi connectivity index (χ4v) is 6.34. The van der Waals surface area contributed by atoms with Crippen molar-refractivity contribution in [3.63, 3.8) is 0 Å². The Labute approximate surface area is 115 Å². The van der Waals surface area contributed by atoms with Crippen LogP contribution in [-0.4, -0.2) is 24.6 Å². The maximum atomic E-state index is 9.37. The van der Waals surface area contributed by atoms with Crippen molar-refractivity contribution < 1.29 is 12.4 Å². The number of hydrogen-bond donors (Lipinski definition) is 0. The van der Waals surface area contributed by atoms with Gasteiger partial charge in [-0.1, -0.05) is 40.0 Å². The van der Waals surface area contributed by atoms with Gasteiger partial charge in [0, 0.05) is 7.26 Å². The van der Waals surface area contributed by atoms with Gasteiger partial charge in [0.25, 0.3) is 0 Å². The number of nitriles is 1. The minimum atomic E-state index is -0.990. The van der Waals surface area contributed by atoms with Crippen molar-refractivity contribution in [2.24, 2.45) is 0 Å². The largest absolute Gasteiger partial charge is 1.00 e. The van der Waals surface area contributed by atoms with Gasteiger partial charge in [-0.2, -0.15) is 5.26 Å². The minimum absolute atomic E-state index is 0. The summed E-state index contributed by atoms with van der Waals surface area (Å²) in [6, 6.07) is 2.61. The van der Waals surface area contributed by atoms with Crippen LogP contribution < -0.4 is 12.4 Å². The van der Waals surface area contributed by atoms with E-state index in [2.05, 4.69) is 33.5 Å². The molecule has 0 aliphatic rings. The first-order chi connectivity index (χ1) is 7.64. The molecule has 17 heavy (non-hydrogen) atoms. The number of unbranched alkanes of at least 4 members (excludes halogenated alkanes) is 2. The molecule has 3 heteroatoms. The molecular formula is C14H29ClNP. The van der Waals surface area contributed by atoms with Crippen LogP contribution in [0.4, 0.5) is 0 Å². The van der Waals surface area contributed by atoms with E-state index in [-0.39, 0.29) is 12.4 Å². The molecule has 1 unspecified atom stereocenters. The van der Waals surface area contributed by atoms with Gasteiger partial charge < -0.3 is 12.4 Å². The number of nitrogens with zero attached hydrogens (tertiary/aromatic N) is 1. The lowest BCUT2D eigenvalue weighted by Crippen LogP contribution is -3.00. The summed E-state index contributed by atoms with van der Waals surface area (Å²) in [6.07, 6.45) is 10.1. The lowest BCUT2D eigenvalue weighted by Gasteiger charge is -2.27. The smallest absolute Gasteiger partial charge is 0.154 e. The zero-order valence-corrected chi connectivity index (χ0v) is 13.7. The van der Waals surface area contributed by atoms with Crippen molar-refractivity contribution in [2.45, 2.75) is 65.0 Å². The Bertz CT molecular complexity index is 205. The summed E-state index contributed by atoms with van der Waals surface area (Å²) in [5, 5.41) is 9.37. The van der Waals surface area contributed by atoms with Gasteiger partial charge in [0.1, 0.15) is 6.07 Å². The van der Waals surface area contributed by atoms with Crippen LogP contribution in [0.3, 0.4) is 0 Å². The van der Waals surface area contributed by atoms with E-state index < -0.39 is 7.26 Å². The molecule has 0 aromatic heterocycles. The predicted octanol–water partition coefficient (Wildman–Crippen LogP) is 1.93. The van der Waals surface area contributed by atoms with Crippen LogP contribution in [0.5, 0.6) is 0 Å². The van der Waals surface area contributed by atoms with Gasteiger partial charge in [0.05, 0.1) is 19.0 Å². The third-order valence-corrected chi connectivity index (χ3v) is 8.06. The molecule has 0 rings (SSSR count). The average Bonchev–Trinajstić information content (AvgIpc) is 2.30. The molecule has 1 nitrogen and oxygen atoms in total. The summed E-state index contributed by atoms with van der Waals surface area (Å²) in [5.74, 6) is 0. The Morgan fingerprint density at radius 1 is 1.00 bits per heavy atom. The van der Waals surface area contributed by atoms with Gasteiger partial charge in [-0.3, -0.25) is 0 Å². The standard InChI is InChI=1S/C14H29NP.ClH/c1-5-8-11-16(4,12-9-6-2)14(13-15)10-7-3;/h14H,5-12H2,1-4H3;1H/q+1;/p-1. The molecular weight excluding hydrogens is 249 g/mol. The summed E-state index contributed by atoms with van der Waals surface area (Å²) < 4.78 is 0. The number of hydrogen-bond acceptors (Lipinski definition) is 1. The molecule has 0 bridgehead atoms.